The molecule has 0 fully saturated rings. The molecule has 4 rings (SSSR count). The van der Waals surface area contributed by atoms with E-state index < -0.39 is 17.9 Å². The van der Waals surface area contributed by atoms with E-state index in [4.69, 9.17) is 4.74 Å². The lowest BCUT2D eigenvalue weighted by Gasteiger charge is -2.27. The summed E-state index contributed by atoms with van der Waals surface area (Å²) in [6.45, 7) is 1.46. The Morgan fingerprint density at radius 2 is 1.44 bits per heavy atom. The summed E-state index contributed by atoms with van der Waals surface area (Å²) in [5.74, 6) is -0.538. The van der Waals surface area contributed by atoms with Crippen molar-refractivity contribution in [3.63, 3.8) is 0 Å². The smallest absolute Gasteiger partial charge is 0.326 e. The van der Waals surface area contributed by atoms with Crippen LogP contribution in [0.2, 0.25) is 0 Å². The van der Waals surface area contributed by atoms with Gasteiger partial charge in [0.2, 0.25) is 0 Å². The summed E-state index contributed by atoms with van der Waals surface area (Å²) in [7, 11) is 0. The maximum atomic E-state index is 13.3. The molecular formula is C28H21Br2NO5. The van der Waals surface area contributed by atoms with Gasteiger partial charge in [0.25, 0.3) is 5.91 Å². The van der Waals surface area contributed by atoms with E-state index in [0.717, 1.165) is 5.56 Å². The number of rotatable bonds is 7. The number of carbonyl (C=O) groups is 2. The number of phenols is 1. The molecule has 0 saturated carbocycles. The van der Waals surface area contributed by atoms with Gasteiger partial charge in [-0.05, 0) is 86.8 Å². The number of halogens is 2. The minimum absolute atomic E-state index is 0.125. The molecule has 0 aromatic heterocycles. The first kappa shape index (κ1) is 25.5. The molecule has 4 aromatic rings. The van der Waals surface area contributed by atoms with Crippen LogP contribution >= 0.6 is 31.9 Å². The second kappa shape index (κ2) is 11.0. The molecule has 0 aliphatic rings. The van der Waals surface area contributed by atoms with Crippen LogP contribution in [0.25, 0.3) is 11.1 Å². The minimum Gasteiger partial charge on any atom is -0.507 e. The summed E-state index contributed by atoms with van der Waals surface area (Å²) in [4.78, 5) is 26.3. The SMILES string of the molecule is CC(C(=O)O)N(C(=O)c1ccccc1)c1cc(Br)c(Oc2ccc(O)c(-c3ccccc3)c2)c(Br)c1. The Morgan fingerprint density at radius 3 is 2.03 bits per heavy atom. The van der Waals surface area contributed by atoms with Crippen molar-refractivity contribution >= 4 is 49.4 Å². The number of hydrogen-bond donors (Lipinski definition) is 2. The van der Waals surface area contributed by atoms with Gasteiger partial charge in [0.15, 0.2) is 5.75 Å². The molecule has 1 amide bonds. The third-order valence-corrected chi connectivity index (χ3v) is 6.70. The van der Waals surface area contributed by atoms with Gasteiger partial charge in [-0.3, -0.25) is 9.69 Å². The summed E-state index contributed by atoms with van der Waals surface area (Å²) in [5, 5.41) is 20.0. The largest absolute Gasteiger partial charge is 0.507 e. The van der Waals surface area contributed by atoms with E-state index in [1.54, 1.807) is 60.7 Å². The minimum atomic E-state index is -1.13. The molecule has 0 radical (unpaired) electrons. The number of ether oxygens (including phenoxy) is 1. The fraction of sp³-hybridized carbons (Fsp3) is 0.0714. The highest BCUT2D eigenvalue weighted by Gasteiger charge is 2.29. The molecule has 0 heterocycles. The predicted molar refractivity (Wildman–Crippen MR) is 146 cm³/mol. The number of carboxylic acids is 1. The van der Waals surface area contributed by atoms with Gasteiger partial charge in [-0.1, -0.05) is 48.5 Å². The van der Waals surface area contributed by atoms with Crippen molar-refractivity contribution in [3.05, 3.63) is 106 Å². The van der Waals surface area contributed by atoms with Gasteiger partial charge in [-0.15, -0.1) is 0 Å². The molecule has 1 atom stereocenters. The number of aliphatic carboxylic acids is 1. The van der Waals surface area contributed by atoms with Gasteiger partial charge in [-0.2, -0.15) is 0 Å². The number of carboxylic acid groups (broad SMARTS) is 1. The second-order valence-electron chi connectivity index (χ2n) is 7.94. The average molecular weight is 611 g/mol. The van der Waals surface area contributed by atoms with Crippen LogP contribution in [-0.2, 0) is 4.79 Å². The Kier molecular flexibility index (Phi) is 7.76. The molecule has 8 heteroatoms. The Balaban J connectivity index is 1.70. The first-order valence-corrected chi connectivity index (χ1v) is 12.5. The molecule has 0 aliphatic carbocycles. The molecular weight excluding hydrogens is 590 g/mol. The predicted octanol–water partition coefficient (Wildman–Crippen LogP) is 7.50. The van der Waals surface area contributed by atoms with E-state index in [-0.39, 0.29) is 5.75 Å². The van der Waals surface area contributed by atoms with Crippen molar-refractivity contribution in [2.24, 2.45) is 0 Å². The number of hydrogen-bond acceptors (Lipinski definition) is 4. The zero-order valence-corrected chi connectivity index (χ0v) is 22.2. The van der Waals surface area contributed by atoms with Crippen LogP contribution in [0.4, 0.5) is 5.69 Å². The van der Waals surface area contributed by atoms with Crippen LogP contribution in [-0.4, -0.2) is 28.1 Å². The lowest BCUT2D eigenvalue weighted by atomic mass is 10.0. The highest BCUT2D eigenvalue weighted by molar-refractivity contribution is 9.11. The van der Waals surface area contributed by atoms with Crippen LogP contribution in [0.3, 0.4) is 0 Å². The van der Waals surface area contributed by atoms with Crippen molar-refractivity contribution < 1.29 is 24.5 Å². The fourth-order valence-electron chi connectivity index (χ4n) is 3.68. The lowest BCUT2D eigenvalue weighted by Crippen LogP contribution is -2.43. The second-order valence-corrected chi connectivity index (χ2v) is 9.65. The zero-order valence-electron chi connectivity index (χ0n) is 19.1. The van der Waals surface area contributed by atoms with Crippen molar-refractivity contribution in [2.75, 3.05) is 4.90 Å². The Morgan fingerprint density at radius 1 is 0.861 bits per heavy atom. The highest BCUT2D eigenvalue weighted by Crippen LogP contribution is 2.42. The van der Waals surface area contributed by atoms with Gasteiger partial charge in [-0.25, -0.2) is 4.79 Å². The number of phenolic OH excluding ortho intramolecular Hbond substituents is 1. The zero-order chi connectivity index (χ0) is 25.8. The lowest BCUT2D eigenvalue weighted by molar-refractivity contribution is -0.138. The van der Waals surface area contributed by atoms with E-state index in [2.05, 4.69) is 31.9 Å². The summed E-state index contributed by atoms with van der Waals surface area (Å²) < 4.78 is 7.13. The average Bonchev–Trinajstić information content (AvgIpc) is 2.88. The van der Waals surface area contributed by atoms with Gasteiger partial charge in [0.1, 0.15) is 17.5 Å². The van der Waals surface area contributed by atoms with E-state index in [1.165, 1.54) is 11.8 Å². The number of anilines is 1. The first-order chi connectivity index (χ1) is 17.3. The van der Waals surface area contributed by atoms with Gasteiger partial charge >= 0.3 is 5.97 Å². The molecule has 4 aromatic carbocycles. The van der Waals surface area contributed by atoms with Crippen molar-refractivity contribution in [1.29, 1.82) is 0 Å². The van der Waals surface area contributed by atoms with Crippen LogP contribution in [0.1, 0.15) is 17.3 Å². The fourth-order valence-corrected chi connectivity index (χ4v) is 5.00. The standard InChI is InChI=1S/C28H21Br2NO5/c1-17(28(34)35)31(27(33)19-10-6-3-7-11-19)20-14-23(29)26(24(30)15-20)36-21-12-13-25(32)22(16-21)18-8-4-2-5-9-18/h2-17,32H,1H3,(H,34,35). The maximum Gasteiger partial charge on any atom is 0.326 e. The van der Waals surface area contributed by atoms with Crippen molar-refractivity contribution in [3.8, 4) is 28.4 Å². The highest BCUT2D eigenvalue weighted by atomic mass is 79.9. The van der Waals surface area contributed by atoms with Crippen LogP contribution in [0.15, 0.2) is 99.9 Å². The van der Waals surface area contributed by atoms with Gasteiger partial charge in [0, 0.05) is 16.8 Å². The maximum absolute atomic E-state index is 13.3. The molecule has 6 nitrogen and oxygen atoms in total. The molecule has 1 unspecified atom stereocenters. The summed E-state index contributed by atoms with van der Waals surface area (Å²) >= 11 is 7.01. The Labute approximate surface area is 225 Å². The van der Waals surface area contributed by atoms with Crippen LogP contribution < -0.4 is 9.64 Å². The van der Waals surface area contributed by atoms with Gasteiger partial charge < -0.3 is 14.9 Å². The third-order valence-electron chi connectivity index (χ3n) is 5.52. The number of aromatic hydroxyl groups is 1. The van der Waals surface area contributed by atoms with Gasteiger partial charge in [0.05, 0.1) is 8.95 Å². The molecule has 36 heavy (non-hydrogen) atoms. The molecule has 182 valence electrons. The number of amides is 1. The topological polar surface area (TPSA) is 87.1 Å². The molecule has 0 aliphatic heterocycles. The van der Waals surface area contributed by atoms with E-state index in [9.17, 15) is 19.8 Å². The van der Waals surface area contributed by atoms with E-state index in [0.29, 0.717) is 37.3 Å². The first-order valence-electron chi connectivity index (χ1n) is 10.9. The summed E-state index contributed by atoms with van der Waals surface area (Å²) in [5.41, 5.74) is 2.20. The molecule has 2 N–H and O–H groups in total. The third kappa shape index (κ3) is 5.45. The van der Waals surface area contributed by atoms with Crippen molar-refractivity contribution in [1.82, 2.24) is 0 Å². The van der Waals surface area contributed by atoms with E-state index in [1.807, 2.05) is 30.3 Å². The number of carbonyl (C=O) groups excluding carboxylic acids is 1. The Hall–Kier alpha value is -3.62. The summed E-state index contributed by atoms with van der Waals surface area (Å²) in [6.07, 6.45) is 0. The monoisotopic (exact) mass is 609 g/mol. The van der Waals surface area contributed by atoms with Crippen LogP contribution in [0, 0.1) is 0 Å². The molecule has 0 bridgehead atoms. The molecule has 0 saturated heterocycles. The molecule has 0 spiro atoms. The van der Waals surface area contributed by atoms with E-state index >= 15 is 0 Å². The number of benzene rings is 4. The van der Waals surface area contributed by atoms with Crippen LogP contribution in [0.5, 0.6) is 17.2 Å². The number of nitrogens with zero attached hydrogens (tertiary/aromatic N) is 1. The van der Waals surface area contributed by atoms with Crippen molar-refractivity contribution in [2.45, 2.75) is 13.0 Å². The quantitative estimate of drug-likeness (QED) is 0.226. The normalized spacial score (nSPS) is 11.5. The Bertz CT molecular complexity index is 1390. The summed E-state index contributed by atoms with van der Waals surface area (Å²) in [6, 6.07) is 25.0.